The van der Waals surface area contributed by atoms with E-state index in [1.165, 1.54) is 28.9 Å². The Kier molecular flexibility index (Phi) is 41.4. The molecule has 18 nitrogen and oxygen atoms in total. The number of allylic oxidation sites excluding steroid dienone is 2. The summed E-state index contributed by atoms with van der Waals surface area (Å²) in [5.41, 5.74) is -10.1. The smallest absolute Gasteiger partial charge is 0.417 e. The van der Waals surface area contributed by atoms with Crippen LogP contribution >= 0.6 is 0 Å². The lowest BCUT2D eigenvalue weighted by Crippen LogP contribution is -2.23. The van der Waals surface area contributed by atoms with Crippen molar-refractivity contribution in [2.75, 3.05) is 66.1 Å². The summed E-state index contributed by atoms with van der Waals surface area (Å²) in [6.45, 7) is 10.5. The zero-order chi connectivity index (χ0) is 107. The summed E-state index contributed by atoms with van der Waals surface area (Å²) in [6, 6.07) is 13.3. The van der Waals surface area contributed by atoms with Gasteiger partial charge in [0.15, 0.2) is 151 Å². The Morgan fingerprint density at radius 2 is 0.643 bits per heavy atom. The Bertz CT molecular complexity index is 6420. The molecule has 0 spiro atoms. The van der Waals surface area contributed by atoms with Crippen molar-refractivity contribution in [2.24, 2.45) is 0 Å². The molecule has 13 rings (SSSR count). The van der Waals surface area contributed by atoms with E-state index in [0.29, 0.717) is 37.8 Å². The average Bonchev–Trinajstić information content (AvgIpc) is 0.710. The molecule has 0 bridgehead atoms. The fourth-order valence-corrected chi connectivity index (χ4v) is 11.9. The molecule has 0 saturated heterocycles. The molecule has 10 aromatic rings. The lowest BCUT2D eigenvalue weighted by molar-refractivity contribution is -0.144. The Hall–Kier alpha value is -15.4. The van der Waals surface area contributed by atoms with Gasteiger partial charge in [0.1, 0.15) is 106 Å². The molecule has 0 radical (unpaired) electrons. The van der Waals surface area contributed by atoms with E-state index in [0.717, 1.165) is 37.7 Å². The first-order valence-corrected chi connectivity index (χ1v) is 39.4. The lowest BCUT2D eigenvalue weighted by Gasteiger charge is -2.19. The molecule has 0 amide bonds. The molecule has 768 valence electrons. The molecule has 51 heteroatoms. The minimum Gasteiger partial charge on any atom is -0.498 e. The third-order valence-corrected chi connectivity index (χ3v) is 18.4. The number of esters is 5. The number of benzene rings is 10. The van der Waals surface area contributed by atoms with Crippen LogP contribution in [0.5, 0.6) is 11.5 Å². The van der Waals surface area contributed by atoms with Crippen LogP contribution in [0.15, 0.2) is 143 Å². The highest BCUT2D eigenvalue weighted by Gasteiger charge is 2.45. The highest BCUT2D eigenvalue weighted by atomic mass is 19.4. The first-order chi connectivity index (χ1) is 67.4. The van der Waals surface area contributed by atoms with Crippen LogP contribution in [0.3, 0.4) is 0 Å². The van der Waals surface area contributed by atoms with E-state index in [9.17, 15) is 169 Å². The average molecular weight is 2080 g/mol. The zero-order valence-electron chi connectivity index (χ0n) is 71.8. The summed E-state index contributed by atoms with van der Waals surface area (Å²) in [6.07, 6.45) is 4.91. The quantitative estimate of drug-likeness (QED) is 0.00940. The molecule has 2 atom stereocenters. The third-order valence-electron chi connectivity index (χ3n) is 18.4. The number of aryl methyl sites for hydroxylation is 1. The molecule has 0 aliphatic carbocycles. The minimum atomic E-state index is -5.14. The first kappa shape index (κ1) is 115. The highest BCUT2D eigenvalue weighted by Crippen LogP contribution is 2.43. The van der Waals surface area contributed by atoms with Gasteiger partial charge in [0.05, 0.1) is 82.1 Å². The second kappa shape index (κ2) is 51.7. The molecule has 0 fully saturated rings. The number of hydrogen-bond acceptors (Lipinski definition) is 18. The van der Waals surface area contributed by atoms with E-state index in [2.05, 4.69) is 97.9 Å². The third kappa shape index (κ3) is 28.1. The number of rotatable bonds is 26. The van der Waals surface area contributed by atoms with Crippen molar-refractivity contribution in [2.45, 2.75) is 57.2 Å². The van der Waals surface area contributed by atoms with E-state index >= 15 is 0 Å². The Labute approximate surface area is 781 Å². The van der Waals surface area contributed by atoms with Crippen molar-refractivity contribution in [3.8, 4) is 11.5 Å². The SMILES string of the molecule is C1=Cc2cccc3cccc(c23)O1.C=COCCOC(=O)c1c(C(F)(F)F)cc(C)cc1C(F)(F)F.C=COCCOC(=O)c1c(F)c(F)c(F)c(F)c1F.C=COCCOC(=O)c1c(F)c(F)cc(F)c1F.C=COCCOc1c(F)c(F)c2c(F)c(F)c(F)c(F)c2c1F.O=C(OCC1CCC=CO1)c1c(F)c(F)c2c(F)c(F)c(F)c(F)c2c1F.O=C(OCC1CCC=CO1)c1c(F)c(F)cc(F)c1F. The Morgan fingerprint density at radius 3 is 1.01 bits per heavy atom. The van der Waals surface area contributed by atoms with Crippen LogP contribution in [0.25, 0.3) is 38.4 Å². The number of fused-ring (bicyclic) bond motifs is 2. The van der Waals surface area contributed by atoms with Gasteiger partial charge in [0.2, 0.25) is 11.6 Å². The summed E-state index contributed by atoms with van der Waals surface area (Å²) in [5.74, 6) is -65.1. The van der Waals surface area contributed by atoms with Gasteiger partial charge in [-0.2, -0.15) is 30.7 Å². The molecule has 0 N–H and O–H groups in total. The molecule has 3 aliphatic heterocycles. The van der Waals surface area contributed by atoms with E-state index in [-0.39, 0.29) is 57.3 Å². The van der Waals surface area contributed by atoms with Crippen LogP contribution in [-0.2, 0) is 64.5 Å². The zero-order valence-corrected chi connectivity index (χ0v) is 71.8. The number of carbonyl (C=O) groups is 5. The fraction of sp³-hybridized carbons (Fsp3) is 0.207. The number of alkyl halides is 6. The van der Waals surface area contributed by atoms with Crippen molar-refractivity contribution < 1.29 is 230 Å². The van der Waals surface area contributed by atoms with Crippen molar-refractivity contribution in [1.29, 1.82) is 0 Å². The first-order valence-electron chi connectivity index (χ1n) is 39.4. The normalized spacial score (nSPS) is 13.0. The summed E-state index contributed by atoms with van der Waals surface area (Å²) in [4.78, 5) is 57.7. The lowest BCUT2D eigenvalue weighted by atomic mass is 9.97. The highest BCUT2D eigenvalue weighted by molar-refractivity contribution is 5.99. The van der Waals surface area contributed by atoms with Gasteiger partial charge in [-0.1, -0.05) is 56.6 Å². The second-order valence-electron chi connectivity index (χ2n) is 27.6. The van der Waals surface area contributed by atoms with Crippen molar-refractivity contribution in [3.63, 3.8) is 0 Å². The number of ether oxygens (including phenoxy) is 13. The van der Waals surface area contributed by atoms with Gasteiger partial charge >= 0.3 is 42.2 Å². The molecular weight excluding hydrogens is 2020 g/mol. The number of carbonyl (C=O) groups excluding carboxylic acids is 5. The van der Waals surface area contributed by atoms with E-state index in [4.69, 9.17) is 14.2 Å². The maximum Gasteiger partial charge on any atom is 0.417 e. The monoisotopic (exact) mass is 2080 g/mol. The van der Waals surface area contributed by atoms with Crippen LogP contribution in [-0.4, -0.2) is 108 Å². The van der Waals surface area contributed by atoms with Crippen LogP contribution < -0.4 is 9.47 Å². The van der Waals surface area contributed by atoms with Gasteiger partial charge < -0.3 is 61.6 Å². The predicted octanol–water partition coefficient (Wildman–Crippen LogP) is 24.9. The topological polar surface area (TPSA) is 205 Å². The van der Waals surface area contributed by atoms with Crippen LogP contribution in [0.4, 0.5) is 145 Å². The van der Waals surface area contributed by atoms with Gasteiger partial charge in [0, 0.05) is 17.5 Å². The standard InChI is InChI=1S/C17H9F7O3.C14H7F7O2.C14H12F6O3.C13H10F4O3.C12H8O.C11H7F5O3.C11H8F4O3/c18-10-7-8(13(21)16(24)15(23)12(7)20)11(19)14(22)9(10)17(25)27-5-6-3-1-2-4-26-6;1-2-22-3-4-23-14-10(18)6-5(9(17)13(14)21)7(15)11(19)12(20)8(6)16;1-3-22-4-5-23-12(21)11-9(13(15,16)17)6-8(2)7-10(11)14(18,19)20;14-8-5-9(15)12(17)10(11(8)16)13(18)20-6-7-3-1-2-4-19-7;1-3-9-5-2-6-11-12(9)10(4-1)7-8-13-11;1-2-18-3-4-19-11(17)5-6(12)8(14)10(16)9(15)7(5)13;1-2-17-3-4-18-11(16)8-9(14)6(12)5-7(13)10(8)15/h2,4,6H,1,3,5H2;2H,1,3-4H2;3,6-7H,1,4-5H2,2H3;2,4-5,7H,1,3,6H2;1-8H;2H,1,3-4H2;2,5H,1,3-4H2. The second-order valence-corrected chi connectivity index (χ2v) is 27.6. The van der Waals surface area contributed by atoms with Gasteiger partial charge in [-0.05, 0) is 85.5 Å². The van der Waals surface area contributed by atoms with E-state index < -0.39 is 304 Å². The van der Waals surface area contributed by atoms with Gasteiger partial charge in [-0.15, -0.1) is 0 Å². The summed E-state index contributed by atoms with van der Waals surface area (Å²) in [5, 5.41) is -4.37. The van der Waals surface area contributed by atoms with Gasteiger partial charge in [-0.3, -0.25) is 0 Å². The summed E-state index contributed by atoms with van der Waals surface area (Å²) < 4.78 is 499. The molecule has 0 aromatic heterocycles. The van der Waals surface area contributed by atoms with Gasteiger partial charge in [-0.25, -0.2) is 138 Å². The Balaban J connectivity index is 0.000000228. The molecule has 0 saturated carbocycles. The fourth-order valence-electron chi connectivity index (χ4n) is 11.9. The molecule has 143 heavy (non-hydrogen) atoms. The molecule has 3 aliphatic rings. The van der Waals surface area contributed by atoms with E-state index in [1.807, 2.05) is 18.2 Å². The van der Waals surface area contributed by atoms with Gasteiger partial charge in [0.25, 0.3) is 0 Å². The van der Waals surface area contributed by atoms with Crippen molar-refractivity contribution in [3.05, 3.63) is 350 Å². The Morgan fingerprint density at radius 1 is 0.336 bits per heavy atom. The number of halogens is 33. The van der Waals surface area contributed by atoms with Crippen LogP contribution in [0, 0.1) is 164 Å². The minimum absolute atomic E-state index is 0.00225. The van der Waals surface area contributed by atoms with Crippen molar-refractivity contribution in [1.82, 2.24) is 0 Å². The molecule has 10 aromatic carbocycles. The largest absolute Gasteiger partial charge is 0.498 e. The summed E-state index contributed by atoms with van der Waals surface area (Å²) in [7, 11) is 0. The van der Waals surface area contributed by atoms with Crippen molar-refractivity contribution >= 4 is 68.2 Å². The maximum atomic E-state index is 14.4. The predicted molar refractivity (Wildman–Crippen MR) is 429 cm³/mol. The van der Waals surface area contributed by atoms with E-state index in [1.54, 1.807) is 18.4 Å². The molecule has 2 unspecified atom stereocenters. The van der Waals surface area contributed by atoms with Crippen LogP contribution in [0.1, 0.15) is 99.7 Å². The number of hydrogen-bond donors (Lipinski definition) is 0. The van der Waals surface area contributed by atoms with Crippen LogP contribution in [0.2, 0.25) is 0 Å². The molecular formula is C92H61F33O18. The molecule has 3 heterocycles. The summed E-state index contributed by atoms with van der Waals surface area (Å²) >= 11 is 0. The maximum absolute atomic E-state index is 14.4.